The normalized spacial score (nSPS) is 10.2. The van der Waals surface area contributed by atoms with E-state index in [9.17, 15) is 9.59 Å². The number of aromatic amines is 1. The number of hydrogen-bond acceptors (Lipinski definition) is 2. The van der Waals surface area contributed by atoms with Crippen LogP contribution in [0.1, 0.15) is 36.6 Å². The van der Waals surface area contributed by atoms with Crippen LogP contribution in [0.5, 0.6) is 0 Å². The summed E-state index contributed by atoms with van der Waals surface area (Å²) in [6.07, 6.45) is 1.32. The zero-order valence-electron chi connectivity index (χ0n) is 10.0. The van der Waals surface area contributed by atoms with Gasteiger partial charge < -0.3 is 10.3 Å². The van der Waals surface area contributed by atoms with Gasteiger partial charge in [-0.2, -0.15) is 0 Å². The third kappa shape index (κ3) is 3.22. The molecule has 0 unspecified atom stereocenters. The van der Waals surface area contributed by atoms with Gasteiger partial charge in [-0.05, 0) is 31.9 Å². The van der Waals surface area contributed by atoms with E-state index in [0.717, 1.165) is 17.7 Å². The van der Waals surface area contributed by atoms with E-state index in [2.05, 4.69) is 10.3 Å². The molecule has 0 aliphatic heterocycles. The number of H-pyrrole nitrogens is 1. The standard InChI is InChI=1S/C12H18N2O2/c1-4-5-11(15)13-7-10-8(2)6-9(3)14-12(10)16/h6H,4-5,7H2,1-3H3,(H,13,15)(H,14,16). The first-order valence-electron chi connectivity index (χ1n) is 5.50. The van der Waals surface area contributed by atoms with Gasteiger partial charge in [0.1, 0.15) is 0 Å². The summed E-state index contributed by atoms with van der Waals surface area (Å²) in [7, 11) is 0. The van der Waals surface area contributed by atoms with Gasteiger partial charge in [-0.25, -0.2) is 0 Å². The molecule has 1 amide bonds. The smallest absolute Gasteiger partial charge is 0.253 e. The van der Waals surface area contributed by atoms with Crippen molar-refractivity contribution in [3.05, 3.63) is 33.2 Å². The van der Waals surface area contributed by atoms with E-state index in [1.165, 1.54) is 0 Å². The summed E-state index contributed by atoms with van der Waals surface area (Å²) in [6.45, 7) is 5.97. The molecule has 88 valence electrons. The highest BCUT2D eigenvalue weighted by Gasteiger charge is 2.06. The van der Waals surface area contributed by atoms with E-state index in [4.69, 9.17) is 0 Å². The number of rotatable bonds is 4. The number of hydrogen-bond donors (Lipinski definition) is 2. The number of carbonyl (C=O) groups is 1. The van der Waals surface area contributed by atoms with E-state index in [0.29, 0.717) is 18.5 Å². The molecule has 0 saturated heterocycles. The van der Waals surface area contributed by atoms with E-state index in [1.807, 2.05) is 26.8 Å². The minimum Gasteiger partial charge on any atom is -0.352 e. The third-order valence-corrected chi connectivity index (χ3v) is 2.43. The highest BCUT2D eigenvalue weighted by Crippen LogP contribution is 2.03. The summed E-state index contributed by atoms with van der Waals surface area (Å²) < 4.78 is 0. The zero-order valence-corrected chi connectivity index (χ0v) is 10.0. The first-order valence-corrected chi connectivity index (χ1v) is 5.50. The van der Waals surface area contributed by atoms with Crippen molar-refractivity contribution in [1.29, 1.82) is 0 Å². The van der Waals surface area contributed by atoms with Crippen molar-refractivity contribution in [1.82, 2.24) is 10.3 Å². The molecule has 0 aromatic carbocycles. The summed E-state index contributed by atoms with van der Waals surface area (Å²) >= 11 is 0. The fraction of sp³-hybridized carbons (Fsp3) is 0.500. The van der Waals surface area contributed by atoms with Crippen LogP contribution >= 0.6 is 0 Å². The summed E-state index contributed by atoms with van der Waals surface area (Å²) in [6, 6.07) is 1.91. The van der Waals surface area contributed by atoms with Crippen molar-refractivity contribution >= 4 is 5.91 Å². The molecule has 1 aromatic heterocycles. The average molecular weight is 222 g/mol. The Hall–Kier alpha value is -1.58. The number of pyridine rings is 1. The van der Waals surface area contributed by atoms with Crippen molar-refractivity contribution in [3.63, 3.8) is 0 Å². The number of nitrogens with one attached hydrogen (secondary N) is 2. The van der Waals surface area contributed by atoms with Crippen LogP contribution in [-0.2, 0) is 11.3 Å². The van der Waals surface area contributed by atoms with Gasteiger partial charge in [-0.1, -0.05) is 6.92 Å². The second-order valence-electron chi connectivity index (χ2n) is 3.97. The van der Waals surface area contributed by atoms with E-state index in [-0.39, 0.29) is 11.5 Å². The number of amides is 1. The molecule has 0 bridgehead atoms. The van der Waals surface area contributed by atoms with Gasteiger partial charge in [0.15, 0.2) is 0 Å². The molecule has 0 aliphatic rings. The first kappa shape index (κ1) is 12.5. The third-order valence-electron chi connectivity index (χ3n) is 2.43. The Morgan fingerprint density at radius 3 is 2.69 bits per heavy atom. The van der Waals surface area contributed by atoms with E-state index < -0.39 is 0 Å². The van der Waals surface area contributed by atoms with Crippen LogP contribution in [0.25, 0.3) is 0 Å². The van der Waals surface area contributed by atoms with Gasteiger partial charge in [0.25, 0.3) is 5.56 Å². The Morgan fingerprint density at radius 1 is 1.44 bits per heavy atom. The summed E-state index contributed by atoms with van der Waals surface area (Å²) in [5, 5.41) is 2.74. The molecule has 0 radical (unpaired) electrons. The Labute approximate surface area is 95.1 Å². The molecule has 4 nitrogen and oxygen atoms in total. The zero-order chi connectivity index (χ0) is 12.1. The monoisotopic (exact) mass is 222 g/mol. The van der Waals surface area contributed by atoms with Gasteiger partial charge in [0.05, 0.1) is 0 Å². The fourth-order valence-corrected chi connectivity index (χ4v) is 1.60. The molecule has 16 heavy (non-hydrogen) atoms. The first-order chi connectivity index (χ1) is 7.54. The second kappa shape index (κ2) is 5.49. The molecule has 1 rings (SSSR count). The van der Waals surface area contributed by atoms with Gasteiger partial charge in [-0.3, -0.25) is 9.59 Å². The van der Waals surface area contributed by atoms with Crippen LogP contribution in [0.3, 0.4) is 0 Å². The predicted octanol–water partition coefficient (Wildman–Crippen LogP) is 1.41. The molecule has 0 atom stereocenters. The Morgan fingerprint density at radius 2 is 2.12 bits per heavy atom. The lowest BCUT2D eigenvalue weighted by atomic mass is 10.1. The van der Waals surface area contributed by atoms with E-state index in [1.54, 1.807) is 0 Å². The summed E-state index contributed by atoms with van der Waals surface area (Å²) in [4.78, 5) is 25.6. The Bertz CT molecular complexity index is 435. The molecule has 2 N–H and O–H groups in total. The maximum atomic E-state index is 11.6. The largest absolute Gasteiger partial charge is 0.352 e. The number of aromatic nitrogens is 1. The SMILES string of the molecule is CCCC(=O)NCc1c(C)cc(C)[nH]c1=O. The number of aryl methyl sites for hydroxylation is 2. The van der Waals surface area contributed by atoms with Crippen LogP contribution < -0.4 is 10.9 Å². The molecular weight excluding hydrogens is 204 g/mol. The highest BCUT2D eigenvalue weighted by molar-refractivity contribution is 5.75. The maximum absolute atomic E-state index is 11.6. The van der Waals surface area contributed by atoms with Crippen molar-refractivity contribution in [2.24, 2.45) is 0 Å². The van der Waals surface area contributed by atoms with Crippen molar-refractivity contribution in [2.45, 2.75) is 40.2 Å². The highest BCUT2D eigenvalue weighted by atomic mass is 16.1. The summed E-state index contributed by atoms with van der Waals surface area (Å²) in [5.41, 5.74) is 2.27. The van der Waals surface area contributed by atoms with Crippen molar-refractivity contribution in [2.75, 3.05) is 0 Å². The van der Waals surface area contributed by atoms with Gasteiger partial charge in [-0.15, -0.1) is 0 Å². The summed E-state index contributed by atoms with van der Waals surface area (Å²) in [5.74, 6) is -0.0122. The lowest BCUT2D eigenvalue weighted by Gasteiger charge is -2.07. The second-order valence-corrected chi connectivity index (χ2v) is 3.97. The van der Waals surface area contributed by atoms with Crippen molar-refractivity contribution < 1.29 is 4.79 Å². The fourth-order valence-electron chi connectivity index (χ4n) is 1.60. The molecule has 1 heterocycles. The molecule has 1 aromatic rings. The molecule has 0 spiro atoms. The lowest BCUT2D eigenvalue weighted by Crippen LogP contribution is -2.27. The molecule has 0 fully saturated rings. The van der Waals surface area contributed by atoms with Crippen LogP contribution in [0.4, 0.5) is 0 Å². The van der Waals surface area contributed by atoms with Gasteiger partial charge >= 0.3 is 0 Å². The van der Waals surface area contributed by atoms with E-state index >= 15 is 0 Å². The number of carbonyl (C=O) groups excluding carboxylic acids is 1. The maximum Gasteiger partial charge on any atom is 0.253 e. The lowest BCUT2D eigenvalue weighted by molar-refractivity contribution is -0.121. The Balaban J connectivity index is 2.75. The van der Waals surface area contributed by atoms with Crippen LogP contribution in [-0.4, -0.2) is 10.9 Å². The average Bonchev–Trinajstić information content (AvgIpc) is 2.16. The van der Waals surface area contributed by atoms with Gasteiger partial charge in [0, 0.05) is 24.2 Å². The minimum absolute atomic E-state index is 0.0122. The van der Waals surface area contributed by atoms with Crippen LogP contribution in [0, 0.1) is 13.8 Å². The van der Waals surface area contributed by atoms with Crippen molar-refractivity contribution in [3.8, 4) is 0 Å². The van der Waals surface area contributed by atoms with Gasteiger partial charge in [0.2, 0.25) is 5.91 Å². The van der Waals surface area contributed by atoms with Crippen LogP contribution in [0.2, 0.25) is 0 Å². The van der Waals surface area contributed by atoms with Crippen LogP contribution in [0.15, 0.2) is 10.9 Å². The molecular formula is C12H18N2O2. The molecule has 0 saturated carbocycles. The molecule has 4 heteroatoms. The predicted molar refractivity (Wildman–Crippen MR) is 63.3 cm³/mol. The molecule has 0 aliphatic carbocycles. The topological polar surface area (TPSA) is 62.0 Å². The Kier molecular flexibility index (Phi) is 4.28. The quantitative estimate of drug-likeness (QED) is 0.809. The minimum atomic E-state index is -0.116.